The second kappa shape index (κ2) is 2.89. The Kier molecular flexibility index (Phi) is 1.72. The van der Waals surface area contributed by atoms with E-state index >= 15 is 0 Å². The third kappa shape index (κ3) is 1.21. The van der Waals surface area contributed by atoms with Crippen LogP contribution < -0.4 is 5.56 Å². The van der Waals surface area contributed by atoms with Gasteiger partial charge in [0.25, 0.3) is 5.56 Å². The molecular weight excluding hydrogens is 180 g/mol. The maximum absolute atomic E-state index is 11.4. The van der Waals surface area contributed by atoms with E-state index in [2.05, 4.69) is 4.98 Å². The molecule has 2 N–H and O–H groups in total. The first-order valence-electron chi connectivity index (χ1n) is 3.97. The van der Waals surface area contributed by atoms with Crippen LogP contribution in [0.4, 0.5) is 0 Å². The lowest BCUT2D eigenvalue weighted by Crippen LogP contribution is -2.07. The Balaban J connectivity index is 2.92. The monoisotopic (exact) mass is 186 g/mol. The molecule has 0 saturated carbocycles. The van der Waals surface area contributed by atoms with E-state index in [-0.39, 0.29) is 17.0 Å². The van der Waals surface area contributed by atoms with E-state index in [1.807, 2.05) is 6.07 Å². The molecule has 0 aliphatic carbocycles. The Labute approximate surface area is 79.0 Å². The van der Waals surface area contributed by atoms with E-state index in [9.17, 15) is 4.79 Å². The van der Waals surface area contributed by atoms with Crippen LogP contribution in [0.1, 0.15) is 5.69 Å². The molecule has 0 bridgehead atoms. The summed E-state index contributed by atoms with van der Waals surface area (Å²) in [5.41, 5.74) is -0.150. The number of nitrogens with zero attached hydrogens (tertiary/aromatic N) is 1. The van der Waals surface area contributed by atoms with Crippen molar-refractivity contribution in [3.8, 4) is 11.8 Å². The van der Waals surface area contributed by atoms with Crippen LogP contribution in [0.25, 0.3) is 10.8 Å². The smallest absolute Gasteiger partial charge is 0.256 e. The summed E-state index contributed by atoms with van der Waals surface area (Å²) in [6, 6.07) is 7.87. The topological polar surface area (TPSA) is 76.9 Å². The van der Waals surface area contributed by atoms with Crippen LogP contribution in [0.3, 0.4) is 0 Å². The Morgan fingerprint density at radius 3 is 2.86 bits per heavy atom. The zero-order valence-corrected chi connectivity index (χ0v) is 7.11. The summed E-state index contributed by atoms with van der Waals surface area (Å²) in [7, 11) is 0. The minimum absolute atomic E-state index is 0.0349. The standard InChI is InChI=1S/C10H6N2O2/c11-5-7-3-6-1-2-8(13)4-9(6)10(14)12-7/h1-4,13H,(H,12,14). The lowest BCUT2D eigenvalue weighted by molar-refractivity contribution is 0.476. The highest BCUT2D eigenvalue weighted by Crippen LogP contribution is 2.16. The van der Waals surface area contributed by atoms with Gasteiger partial charge in [0.2, 0.25) is 0 Å². The minimum Gasteiger partial charge on any atom is -0.508 e. The van der Waals surface area contributed by atoms with Gasteiger partial charge in [0.05, 0.1) is 5.39 Å². The number of nitrogens with one attached hydrogen (secondary N) is 1. The SMILES string of the molecule is N#Cc1cc2ccc(O)cc2c(=O)[nH]1. The third-order valence-corrected chi connectivity index (χ3v) is 1.95. The highest BCUT2D eigenvalue weighted by Gasteiger charge is 2.01. The second-order valence-corrected chi connectivity index (χ2v) is 2.90. The van der Waals surface area contributed by atoms with Gasteiger partial charge in [0.1, 0.15) is 17.5 Å². The van der Waals surface area contributed by atoms with Gasteiger partial charge in [-0.15, -0.1) is 0 Å². The van der Waals surface area contributed by atoms with Crippen LogP contribution in [0.15, 0.2) is 29.1 Å². The fourth-order valence-electron chi connectivity index (χ4n) is 1.31. The summed E-state index contributed by atoms with van der Waals surface area (Å²) in [6.07, 6.45) is 0. The number of aromatic nitrogens is 1. The van der Waals surface area contributed by atoms with E-state index < -0.39 is 0 Å². The number of phenols is 1. The number of aromatic hydroxyl groups is 1. The summed E-state index contributed by atoms with van der Waals surface area (Å²) in [6.45, 7) is 0. The molecule has 0 saturated heterocycles. The largest absolute Gasteiger partial charge is 0.508 e. The summed E-state index contributed by atoms with van der Waals surface area (Å²) in [5, 5.41) is 18.8. The molecule has 1 heterocycles. The van der Waals surface area contributed by atoms with E-state index in [4.69, 9.17) is 10.4 Å². The van der Waals surface area contributed by atoms with Crippen LogP contribution in [0.2, 0.25) is 0 Å². The fraction of sp³-hybridized carbons (Fsp3) is 0. The van der Waals surface area contributed by atoms with Gasteiger partial charge in [-0.25, -0.2) is 0 Å². The molecule has 4 heteroatoms. The van der Waals surface area contributed by atoms with Crippen LogP contribution in [0, 0.1) is 11.3 Å². The van der Waals surface area contributed by atoms with Crippen molar-refractivity contribution < 1.29 is 5.11 Å². The summed E-state index contributed by atoms with van der Waals surface area (Å²) < 4.78 is 0. The highest BCUT2D eigenvalue weighted by atomic mass is 16.3. The van der Waals surface area contributed by atoms with Crippen molar-refractivity contribution in [2.45, 2.75) is 0 Å². The van der Waals surface area contributed by atoms with Gasteiger partial charge < -0.3 is 10.1 Å². The summed E-state index contributed by atoms with van der Waals surface area (Å²) in [5.74, 6) is 0.0349. The molecule has 0 aliphatic rings. The van der Waals surface area contributed by atoms with Crippen molar-refractivity contribution in [1.29, 1.82) is 5.26 Å². The number of nitriles is 1. The molecule has 68 valence electrons. The number of phenolic OH excluding ortho intramolecular Hbond substituents is 1. The van der Waals surface area contributed by atoms with Crippen molar-refractivity contribution in [3.63, 3.8) is 0 Å². The number of H-pyrrole nitrogens is 1. The molecule has 0 unspecified atom stereocenters. The van der Waals surface area contributed by atoms with Crippen LogP contribution >= 0.6 is 0 Å². The zero-order valence-electron chi connectivity index (χ0n) is 7.11. The molecule has 0 amide bonds. The van der Waals surface area contributed by atoms with Crippen molar-refractivity contribution in [2.24, 2.45) is 0 Å². The quantitative estimate of drug-likeness (QED) is 0.646. The molecule has 14 heavy (non-hydrogen) atoms. The predicted molar refractivity (Wildman–Crippen MR) is 50.9 cm³/mol. The van der Waals surface area contributed by atoms with Crippen molar-refractivity contribution in [3.05, 3.63) is 40.3 Å². The molecule has 2 aromatic rings. The van der Waals surface area contributed by atoms with Gasteiger partial charge in [-0.05, 0) is 23.6 Å². The molecule has 0 fully saturated rings. The average molecular weight is 186 g/mol. The lowest BCUT2D eigenvalue weighted by atomic mass is 10.1. The van der Waals surface area contributed by atoms with E-state index in [0.717, 1.165) is 0 Å². The number of fused-ring (bicyclic) bond motifs is 1. The number of hydrogen-bond acceptors (Lipinski definition) is 3. The molecular formula is C10H6N2O2. The number of hydrogen-bond donors (Lipinski definition) is 2. The second-order valence-electron chi connectivity index (χ2n) is 2.90. The first-order chi connectivity index (χ1) is 6.70. The Morgan fingerprint density at radius 2 is 2.14 bits per heavy atom. The predicted octanol–water partition coefficient (Wildman–Crippen LogP) is 1.11. The zero-order chi connectivity index (χ0) is 10.1. The first-order valence-corrected chi connectivity index (χ1v) is 3.97. The Hall–Kier alpha value is -2.28. The summed E-state index contributed by atoms with van der Waals surface area (Å²) >= 11 is 0. The van der Waals surface area contributed by atoms with E-state index in [1.54, 1.807) is 12.1 Å². The molecule has 4 nitrogen and oxygen atoms in total. The molecule has 0 aliphatic heterocycles. The van der Waals surface area contributed by atoms with Crippen LogP contribution in [-0.2, 0) is 0 Å². The Bertz CT molecular complexity index is 593. The van der Waals surface area contributed by atoms with Crippen LogP contribution in [-0.4, -0.2) is 10.1 Å². The maximum atomic E-state index is 11.4. The van der Waals surface area contributed by atoms with E-state index in [1.165, 1.54) is 12.1 Å². The average Bonchev–Trinajstić information content (AvgIpc) is 2.19. The van der Waals surface area contributed by atoms with Crippen LogP contribution in [0.5, 0.6) is 5.75 Å². The third-order valence-electron chi connectivity index (χ3n) is 1.95. The fourth-order valence-corrected chi connectivity index (χ4v) is 1.31. The van der Waals surface area contributed by atoms with Crippen molar-refractivity contribution >= 4 is 10.8 Å². The molecule has 2 rings (SSSR count). The normalized spacial score (nSPS) is 9.93. The van der Waals surface area contributed by atoms with Crippen molar-refractivity contribution in [2.75, 3.05) is 0 Å². The minimum atomic E-state index is -0.366. The van der Waals surface area contributed by atoms with Gasteiger partial charge in [-0.1, -0.05) is 6.07 Å². The lowest BCUT2D eigenvalue weighted by Gasteiger charge is -1.97. The van der Waals surface area contributed by atoms with Gasteiger partial charge >= 0.3 is 0 Å². The maximum Gasteiger partial charge on any atom is 0.256 e. The number of aromatic amines is 1. The number of rotatable bonds is 0. The van der Waals surface area contributed by atoms with Gasteiger partial charge in [-0.2, -0.15) is 5.26 Å². The molecule has 0 radical (unpaired) electrons. The molecule has 0 spiro atoms. The number of pyridine rings is 1. The van der Waals surface area contributed by atoms with Crippen molar-refractivity contribution in [1.82, 2.24) is 4.98 Å². The van der Waals surface area contributed by atoms with Gasteiger partial charge in [0.15, 0.2) is 0 Å². The Morgan fingerprint density at radius 1 is 1.36 bits per heavy atom. The highest BCUT2D eigenvalue weighted by molar-refractivity contribution is 5.83. The molecule has 0 atom stereocenters. The summed E-state index contributed by atoms with van der Waals surface area (Å²) in [4.78, 5) is 13.8. The molecule has 1 aromatic heterocycles. The number of benzene rings is 1. The molecule has 1 aromatic carbocycles. The van der Waals surface area contributed by atoms with E-state index in [0.29, 0.717) is 10.8 Å². The van der Waals surface area contributed by atoms with Gasteiger partial charge in [0, 0.05) is 0 Å². The first kappa shape index (κ1) is 8.32. The van der Waals surface area contributed by atoms with Gasteiger partial charge in [-0.3, -0.25) is 4.79 Å².